The summed E-state index contributed by atoms with van der Waals surface area (Å²) in [5.74, 6) is 2.06. The van der Waals surface area contributed by atoms with Gasteiger partial charge in [-0.2, -0.15) is 0 Å². The molecule has 0 radical (unpaired) electrons. The molecule has 7 atom stereocenters. The van der Waals surface area contributed by atoms with Crippen molar-refractivity contribution in [2.45, 2.75) is 85.7 Å². The van der Waals surface area contributed by atoms with E-state index >= 15 is 0 Å². The van der Waals surface area contributed by atoms with E-state index in [1.165, 1.54) is 26.2 Å². The highest BCUT2D eigenvalue weighted by molar-refractivity contribution is 5.83. The van der Waals surface area contributed by atoms with E-state index in [4.69, 9.17) is 4.74 Å². The minimum absolute atomic E-state index is 0.0227. The highest BCUT2D eigenvalue weighted by Crippen LogP contribution is 2.72. The van der Waals surface area contributed by atoms with E-state index in [-0.39, 0.29) is 22.9 Å². The first-order chi connectivity index (χ1) is 11.6. The Morgan fingerprint density at radius 1 is 1.08 bits per heavy atom. The van der Waals surface area contributed by atoms with Crippen LogP contribution in [0.4, 0.5) is 0 Å². The number of carbonyl (C=O) groups excluding carboxylic acids is 2. The van der Waals surface area contributed by atoms with E-state index in [0.717, 1.165) is 25.7 Å². The molecule has 3 nitrogen and oxygen atoms in total. The van der Waals surface area contributed by atoms with Gasteiger partial charge in [0.15, 0.2) is 0 Å². The number of hydrogen-bond acceptors (Lipinski definition) is 3. The fourth-order valence-corrected chi connectivity index (χ4v) is 8.09. The monoisotopic (exact) mass is 346 g/mol. The van der Waals surface area contributed by atoms with E-state index in [0.29, 0.717) is 34.9 Å². The molecule has 2 bridgehead atoms. The predicted octanol–water partition coefficient (Wildman–Crippen LogP) is 4.78. The highest BCUT2D eigenvalue weighted by atomic mass is 16.5. The van der Waals surface area contributed by atoms with Crippen molar-refractivity contribution in [1.82, 2.24) is 0 Å². The van der Waals surface area contributed by atoms with Crippen LogP contribution in [0.2, 0.25) is 0 Å². The molecule has 4 aliphatic carbocycles. The average molecular weight is 347 g/mol. The van der Waals surface area contributed by atoms with Crippen LogP contribution in [0.15, 0.2) is 0 Å². The second kappa shape index (κ2) is 5.33. The Kier molecular flexibility index (Phi) is 3.74. The molecule has 0 aromatic carbocycles. The lowest BCUT2D eigenvalue weighted by Crippen LogP contribution is -2.62. The maximum Gasteiger partial charge on any atom is 0.302 e. The first-order valence-corrected chi connectivity index (χ1v) is 10.3. The summed E-state index contributed by atoms with van der Waals surface area (Å²) in [7, 11) is 0. The van der Waals surface area contributed by atoms with Gasteiger partial charge < -0.3 is 4.74 Å². The zero-order valence-electron chi connectivity index (χ0n) is 16.6. The summed E-state index contributed by atoms with van der Waals surface area (Å²) in [6.45, 7) is 11.0. The van der Waals surface area contributed by atoms with Crippen molar-refractivity contribution in [3.63, 3.8) is 0 Å². The van der Waals surface area contributed by atoms with Crippen LogP contribution in [-0.2, 0) is 14.3 Å². The Morgan fingerprint density at radius 3 is 2.48 bits per heavy atom. The Bertz CT molecular complexity index is 608. The van der Waals surface area contributed by atoms with Gasteiger partial charge in [0.2, 0.25) is 0 Å². The van der Waals surface area contributed by atoms with Crippen LogP contribution in [-0.4, -0.2) is 17.9 Å². The van der Waals surface area contributed by atoms with Gasteiger partial charge in [0.1, 0.15) is 11.9 Å². The maximum atomic E-state index is 12.9. The van der Waals surface area contributed by atoms with Crippen LogP contribution in [0.5, 0.6) is 0 Å². The Morgan fingerprint density at radius 2 is 1.80 bits per heavy atom. The topological polar surface area (TPSA) is 43.4 Å². The predicted molar refractivity (Wildman–Crippen MR) is 96.8 cm³/mol. The number of esters is 1. The summed E-state index contributed by atoms with van der Waals surface area (Å²) in [5.41, 5.74) is 0.516. The minimum atomic E-state index is -0.163. The van der Waals surface area contributed by atoms with Gasteiger partial charge in [0, 0.05) is 24.7 Å². The molecule has 0 saturated heterocycles. The minimum Gasteiger partial charge on any atom is -0.462 e. The molecule has 0 aromatic rings. The summed E-state index contributed by atoms with van der Waals surface area (Å²) in [4.78, 5) is 24.7. The van der Waals surface area contributed by atoms with E-state index in [9.17, 15) is 9.59 Å². The molecule has 3 heteroatoms. The normalized spacial score (nSPS) is 50.8. The molecule has 4 saturated carbocycles. The Labute approximate surface area is 152 Å². The number of Topliss-reactive ketones (excluding diaryl/α,β-unsaturated/α-hetero) is 1. The first kappa shape index (κ1) is 17.5. The van der Waals surface area contributed by atoms with Crippen LogP contribution in [0.3, 0.4) is 0 Å². The standard InChI is InChI=1S/C22H34O3/c1-13-11-22-9-6-17-20(3,4)8-7-19(25-14(2)23)21(17,5)18(22)10-16(24)15(13)12-22/h13,15,17-19H,6-12H2,1-5H3/t13-,15-,17-,18+,19+,21-,22-/m1/s1. The zero-order chi connectivity index (χ0) is 18.2. The Balaban J connectivity index is 1.79. The molecular weight excluding hydrogens is 312 g/mol. The van der Waals surface area contributed by atoms with Gasteiger partial charge in [0.25, 0.3) is 0 Å². The molecule has 0 unspecified atom stereocenters. The first-order valence-electron chi connectivity index (χ1n) is 10.3. The van der Waals surface area contributed by atoms with E-state index in [1.807, 2.05) is 0 Å². The van der Waals surface area contributed by atoms with Gasteiger partial charge in [0.05, 0.1) is 0 Å². The molecule has 25 heavy (non-hydrogen) atoms. The fourth-order valence-electron chi connectivity index (χ4n) is 8.09. The molecule has 0 aliphatic heterocycles. The smallest absolute Gasteiger partial charge is 0.302 e. The molecule has 4 rings (SSSR count). The molecule has 0 amide bonds. The number of carbonyl (C=O) groups is 2. The van der Waals surface area contributed by atoms with Gasteiger partial charge in [-0.05, 0) is 67.1 Å². The van der Waals surface area contributed by atoms with E-state index in [2.05, 4.69) is 27.7 Å². The number of ether oxygens (including phenoxy) is 1. The van der Waals surface area contributed by atoms with Crippen LogP contribution in [0.1, 0.15) is 79.6 Å². The molecular formula is C22H34O3. The molecule has 4 fully saturated rings. The van der Waals surface area contributed by atoms with Gasteiger partial charge >= 0.3 is 5.97 Å². The maximum absolute atomic E-state index is 12.9. The third-order valence-electron chi connectivity index (χ3n) is 9.03. The number of rotatable bonds is 1. The van der Waals surface area contributed by atoms with E-state index in [1.54, 1.807) is 0 Å². The third-order valence-corrected chi connectivity index (χ3v) is 9.03. The molecule has 0 N–H and O–H groups in total. The summed E-state index contributed by atoms with van der Waals surface area (Å²) < 4.78 is 5.92. The molecule has 4 aliphatic rings. The second-order valence-corrected chi connectivity index (χ2v) is 10.7. The molecule has 0 heterocycles. The lowest BCUT2D eigenvalue weighted by molar-refractivity contribution is -0.213. The summed E-state index contributed by atoms with van der Waals surface area (Å²) in [6.07, 6.45) is 7.53. The zero-order valence-corrected chi connectivity index (χ0v) is 16.6. The number of fused-ring (bicyclic) bond motifs is 3. The van der Waals surface area contributed by atoms with E-state index < -0.39 is 0 Å². The van der Waals surface area contributed by atoms with Gasteiger partial charge in [-0.15, -0.1) is 0 Å². The lowest BCUT2D eigenvalue weighted by Gasteiger charge is -2.65. The number of hydrogen-bond donors (Lipinski definition) is 0. The van der Waals surface area contributed by atoms with Crippen LogP contribution < -0.4 is 0 Å². The molecule has 0 aromatic heterocycles. The van der Waals surface area contributed by atoms with Crippen molar-refractivity contribution in [2.24, 2.45) is 39.9 Å². The average Bonchev–Trinajstić information content (AvgIpc) is 2.78. The van der Waals surface area contributed by atoms with Crippen molar-refractivity contribution in [3.8, 4) is 0 Å². The highest BCUT2D eigenvalue weighted by Gasteiger charge is 2.68. The lowest BCUT2D eigenvalue weighted by atomic mass is 9.40. The number of ketones is 1. The Hall–Kier alpha value is -0.860. The second-order valence-electron chi connectivity index (χ2n) is 10.7. The van der Waals surface area contributed by atoms with Crippen molar-refractivity contribution in [2.75, 3.05) is 0 Å². The third kappa shape index (κ3) is 2.29. The van der Waals surface area contributed by atoms with Gasteiger partial charge in [-0.3, -0.25) is 9.59 Å². The van der Waals surface area contributed by atoms with Crippen molar-refractivity contribution < 1.29 is 14.3 Å². The van der Waals surface area contributed by atoms with Crippen LogP contribution in [0.25, 0.3) is 0 Å². The SMILES string of the molecule is CC(=O)O[C@H]1CCC(C)(C)[C@H]2CC[C@@]34C[C@@H](C)[C@@H](C3)C(=O)C[C@H]4[C@]12C. The molecule has 1 spiro atoms. The van der Waals surface area contributed by atoms with Gasteiger partial charge in [-0.1, -0.05) is 27.7 Å². The summed E-state index contributed by atoms with van der Waals surface area (Å²) >= 11 is 0. The van der Waals surface area contributed by atoms with Crippen LogP contribution >= 0.6 is 0 Å². The van der Waals surface area contributed by atoms with Crippen molar-refractivity contribution in [3.05, 3.63) is 0 Å². The molecule has 140 valence electrons. The quantitative estimate of drug-likeness (QED) is 0.642. The largest absolute Gasteiger partial charge is 0.462 e. The summed E-state index contributed by atoms with van der Waals surface area (Å²) in [6, 6.07) is 0. The van der Waals surface area contributed by atoms with Crippen molar-refractivity contribution in [1.29, 1.82) is 0 Å². The van der Waals surface area contributed by atoms with Gasteiger partial charge in [-0.25, -0.2) is 0 Å². The fraction of sp³-hybridized carbons (Fsp3) is 0.909. The summed E-state index contributed by atoms with van der Waals surface area (Å²) in [5, 5.41) is 0. The van der Waals surface area contributed by atoms with Crippen molar-refractivity contribution >= 4 is 11.8 Å². The van der Waals surface area contributed by atoms with Crippen LogP contribution in [0, 0.1) is 39.9 Å².